The minimum absolute atomic E-state index is 0. The monoisotopic (exact) mass is 431 g/mol. The average Bonchev–Trinajstić information content (AvgIpc) is 2.67. The zero-order chi connectivity index (χ0) is 19.6. The van der Waals surface area contributed by atoms with Crippen molar-refractivity contribution in [3.8, 4) is 0 Å². The third-order valence-corrected chi connectivity index (χ3v) is 7.17. The average molecular weight is 432 g/mol. The van der Waals surface area contributed by atoms with E-state index in [2.05, 4.69) is 10.1 Å². The first-order valence-corrected chi connectivity index (χ1v) is 10.5. The number of carbonyl (C=O) groups excluding carboxylic acids is 2. The summed E-state index contributed by atoms with van der Waals surface area (Å²) in [5.41, 5.74) is 0.815. The maximum atomic E-state index is 13.2. The molecule has 0 aromatic heterocycles. The molecule has 1 atom stereocenters. The van der Waals surface area contributed by atoms with E-state index in [4.69, 9.17) is 0 Å². The Labute approximate surface area is 171 Å². The van der Waals surface area contributed by atoms with Crippen LogP contribution in [0, 0.1) is 6.92 Å². The number of nitrogens with zero attached hydrogens (tertiary/aromatic N) is 2. The van der Waals surface area contributed by atoms with Crippen LogP contribution in [0.3, 0.4) is 0 Å². The fraction of sp³-hybridized carbons (Fsp3) is 0.556. The molecule has 2 aliphatic heterocycles. The van der Waals surface area contributed by atoms with Gasteiger partial charge in [0.15, 0.2) is 0 Å². The molecule has 10 heteroatoms. The SMILES string of the molecule is COC(=O)c1ccc(S(=O)(=O)N2CCCC(N3CCNCC3=O)C2)c(C)c1.Cl. The van der Waals surface area contributed by atoms with Gasteiger partial charge in [0.25, 0.3) is 0 Å². The maximum Gasteiger partial charge on any atom is 0.337 e. The highest BCUT2D eigenvalue weighted by Gasteiger charge is 2.35. The molecule has 28 heavy (non-hydrogen) atoms. The Morgan fingerprint density at radius 1 is 1.29 bits per heavy atom. The number of amides is 1. The van der Waals surface area contributed by atoms with Crippen LogP contribution < -0.4 is 5.32 Å². The standard InChI is InChI=1S/C18H25N3O5S.ClH/c1-13-10-14(18(23)26-2)5-6-16(13)27(24,25)20-8-3-4-15(12-20)21-9-7-19-11-17(21)22;/h5-6,10,15,19H,3-4,7-9,11-12H2,1-2H3;1H. The van der Waals surface area contributed by atoms with Crippen molar-refractivity contribution in [2.24, 2.45) is 0 Å². The normalized spacial score (nSPS) is 21.1. The van der Waals surface area contributed by atoms with Gasteiger partial charge in [-0.2, -0.15) is 4.31 Å². The van der Waals surface area contributed by atoms with Gasteiger partial charge < -0.3 is 15.0 Å². The summed E-state index contributed by atoms with van der Waals surface area (Å²) in [7, 11) is -2.42. The van der Waals surface area contributed by atoms with Crippen LogP contribution in [0.25, 0.3) is 0 Å². The van der Waals surface area contributed by atoms with Crippen molar-refractivity contribution in [1.82, 2.24) is 14.5 Å². The molecule has 0 spiro atoms. The van der Waals surface area contributed by atoms with E-state index in [-0.39, 0.29) is 29.3 Å². The molecule has 1 aromatic carbocycles. The van der Waals surface area contributed by atoms with E-state index in [0.29, 0.717) is 43.7 Å². The van der Waals surface area contributed by atoms with Gasteiger partial charge in [0.1, 0.15) is 0 Å². The Hall–Kier alpha value is -1.68. The molecule has 156 valence electrons. The summed E-state index contributed by atoms with van der Waals surface area (Å²) >= 11 is 0. The van der Waals surface area contributed by atoms with Crippen LogP contribution >= 0.6 is 12.4 Å². The summed E-state index contributed by atoms with van der Waals surface area (Å²) in [6.45, 7) is 4.02. The Morgan fingerprint density at radius 3 is 2.68 bits per heavy atom. The molecule has 1 amide bonds. The molecule has 1 unspecified atom stereocenters. The van der Waals surface area contributed by atoms with Crippen molar-refractivity contribution in [2.45, 2.75) is 30.7 Å². The second-order valence-corrected chi connectivity index (χ2v) is 8.80. The maximum absolute atomic E-state index is 13.2. The molecule has 0 bridgehead atoms. The Balaban J connectivity index is 0.00000280. The van der Waals surface area contributed by atoms with E-state index in [9.17, 15) is 18.0 Å². The predicted octanol–water partition coefficient (Wildman–Crippen LogP) is 0.788. The molecular formula is C18H26ClN3O5S. The molecule has 3 rings (SSSR count). The molecule has 2 heterocycles. The highest BCUT2D eigenvalue weighted by atomic mass is 35.5. The minimum Gasteiger partial charge on any atom is -0.465 e. The smallest absolute Gasteiger partial charge is 0.337 e. The minimum atomic E-state index is -3.70. The molecule has 0 saturated carbocycles. The summed E-state index contributed by atoms with van der Waals surface area (Å²) in [5, 5.41) is 3.04. The lowest BCUT2D eigenvalue weighted by molar-refractivity contribution is -0.135. The topological polar surface area (TPSA) is 96.0 Å². The number of sulfonamides is 1. The van der Waals surface area contributed by atoms with Gasteiger partial charge >= 0.3 is 5.97 Å². The summed E-state index contributed by atoms with van der Waals surface area (Å²) in [5.74, 6) is -0.485. The first-order chi connectivity index (χ1) is 12.8. The molecule has 2 fully saturated rings. The van der Waals surface area contributed by atoms with E-state index in [0.717, 1.165) is 13.0 Å². The van der Waals surface area contributed by atoms with Crippen LogP contribution in [0.15, 0.2) is 23.1 Å². The number of benzene rings is 1. The Bertz CT molecular complexity index is 846. The van der Waals surface area contributed by atoms with Gasteiger partial charge in [-0.15, -0.1) is 12.4 Å². The van der Waals surface area contributed by atoms with Crippen LogP contribution in [-0.4, -0.2) is 75.4 Å². The van der Waals surface area contributed by atoms with Gasteiger partial charge in [-0.05, 0) is 43.5 Å². The number of piperazine rings is 1. The summed E-state index contributed by atoms with van der Waals surface area (Å²) in [4.78, 5) is 25.8. The van der Waals surface area contributed by atoms with Crippen molar-refractivity contribution in [3.63, 3.8) is 0 Å². The fourth-order valence-corrected chi connectivity index (χ4v) is 5.45. The number of piperidine rings is 1. The van der Waals surface area contributed by atoms with Crippen LogP contribution in [0.1, 0.15) is 28.8 Å². The fourth-order valence-electron chi connectivity index (χ4n) is 3.72. The number of ether oxygens (including phenoxy) is 1. The van der Waals surface area contributed by atoms with Crippen molar-refractivity contribution >= 4 is 34.3 Å². The van der Waals surface area contributed by atoms with Gasteiger partial charge in [0, 0.05) is 32.2 Å². The number of hydrogen-bond donors (Lipinski definition) is 1. The summed E-state index contributed by atoms with van der Waals surface area (Å²) < 4.78 is 32.5. The molecule has 2 aliphatic rings. The first-order valence-electron chi connectivity index (χ1n) is 9.04. The third-order valence-electron chi connectivity index (χ3n) is 5.14. The van der Waals surface area contributed by atoms with Crippen molar-refractivity contribution in [2.75, 3.05) is 39.8 Å². The highest BCUT2D eigenvalue weighted by Crippen LogP contribution is 2.26. The number of halogens is 1. The second kappa shape index (κ2) is 9.21. The van der Waals surface area contributed by atoms with Crippen molar-refractivity contribution in [1.29, 1.82) is 0 Å². The highest BCUT2D eigenvalue weighted by molar-refractivity contribution is 7.89. The Kier molecular flexibility index (Phi) is 7.44. The zero-order valence-corrected chi connectivity index (χ0v) is 17.6. The summed E-state index contributed by atoms with van der Waals surface area (Å²) in [6, 6.07) is 4.35. The van der Waals surface area contributed by atoms with E-state index in [1.807, 2.05) is 0 Å². The molecule has 1 N–H and O–H groups in total. The van der Waals surface area contributed by atoms with Gasteiger partial charge in [0.2, 0.25) is 15.9 Å². The van der Waals surface area contributed by atoms with Crippen LogP contribution in [0.5, 0.6) is 0 Å². The van der Waals surface area contributed by atoms with Crippen molar-refractivity contribution in [3.05, 3.63) is 29.3 Å². The second-order valence-electron chi connectivity index (χ2n) is 6.89. The number of nitrogens with one attached hydrogen (secondary N) is 1. The molecule has 0 aliphatic carbocycles. The lowest BCUT2D eigenvalue weighted by Gasteiger charge is -2.40. The number of hydrogen-bond acceptors (Lipinski definition) is 6. The largest absolute Gasteiger partial charge is 0.465 e. The molecule has 8 nitrogen and oxygen atoms in total. The quantitative estimate of drug-likeness (QED) is 0.708. The van der Waals surface area contributed by atoms with Gasteiger partial charge in [-0.1, -0.05) is 0 Å². The van der Waals surface area contributed by atoms with E-state index < -0.39 is 16.0 Å². The van der Waals surface area contributed by atoms with E-state index in [1.165, 1.54) is 29.6 Å². The van der Waals surface area contributed by atoms with Crippen LogP contribution in [-0.2, 0) is 19.6 Å². The lowest BCUT2D eigenvalue weighted by Crippen LogP contribution is -2.57. The van der Waals surface area contributed by atoms with E-state index in [1.54, 1.807) is 11.8 Å². The first kappa shape index (κ1) is 22.6. The van der Waals surface area contributed by atoms with E-state index >= 15 is 0 Å². The summed E-state index contributed by atoms with van der Waals surface area (Å²) in [6.07, 6.45) is 1.51. The van der Waals surface area contributed by atoms with Gasteiger partial charge in [0.05, 0.1) is 24.1 Å². The predicted molar refractivity (Wildman–Crippen MR) is 106 cm³/mol. The Morgan fingerprint density at radius 2 is 2.04 bits per heavy atom. The number of carbonyl (C=O) groups is 2. The molecular weight excluding hydrogens is 406 g/mol. The number of esters is 1. The number of methoxy groups -OCH3 is 1. The number of aryl methyl sites for hydroxylation is 1. The zero-order valence-electron chi connectivity index (χ0n) is 16.0. The molecule has 0 radical (unpaired) electrons. The lowest BCUT2D eigenvalue weighted by atomic mass is 10.1. The van der Waals surface area contributed by atoms with Crippen molar-refractivity contribution < 1.29 is 22.7 Å². The van der Waals surface area contributed by atoms with Crippen LogP contribution in [0.2, 0.25) is 0 Å². The molecule has 1 aromatic rings. The van der Waals surface area contributed by atoms with Crippen LogP contribution in [0.4, 0.5) is 0 Å². The molecule has 2 saturated heterocycles. The van der Waals surface area contributed by atoms with Gasteiger partial charge in [-0.25, -0.2) is 13.2 Å². The van der Waals surface area contributed by atoms with Gasteiger partial charge in [-0.3, -0.25) is 4.79 Å². The number of rotatable bonds is 4. The third kappa shape index (κ3) is 4.48.